The first-order valence-electron chi connectivity index (χ1n) is 5.19. The van der Waals surface area contributed by atoms with E-state index in [4.69, 9.17) is 5.73 Å². The Morgan fingerprint density at radius 2 is 2.20 bits per heavy atom. The van der Waals surface area contributed by atoms with Crippen molar-refractivity contribution in [1.29, 1.82) is 0 Å². The molecule has 0 aliphatic heterocycles. The van der Waals surface area contributed by atoms with E-state index in [1.54, 1.807) is 0 Å². The number of aromatic amines is 1. The van der Waals surface area contributed by atoms with Crippen LogP contribution in [0, 0.1) is 6.92 Å². The number of benzene rings is 1. The van der Waals surface area contributed by atoms with Crippen molar-refractivity contribution >= 4 is 26.8 Å². The van der Waals surface area contributed by atoms with Gasteiger partial charge in [0.2, 0.25) is 0 Å². The molecule has 2 aromatic rings. The molecule has 0 bridgehead atoms. The zero-order chi connectivity index (χ0) is 10.8. The van der Waals surface area contributed by atoms with Crippen molar-refractivity contribution in [2.45, 2.75) is 19.8 Å². The Morgan fingerprint density at radius 3 is 2.87 bits per heavy atom. The average molecular weight is 267 g/mol. The van der Waals surface area contributed by atoms with Crippen LogP contribution in [0.1, 0.15) is 17.7 Å². The van der Waals surface area contributed by atoms with E-state index >= 15 is 0 Å². The summed E-state index contributed by atoms with van der Waals surface area (Å²) >= 11 is 3.56. The molecule has 0 atom stereocenters. The quantitative estimate of drug-likeness (QED) is 0.881. The van der Waals surface area contributed by atoms with Crippen LogP contribution in [0.5, 0.6) is 0 Å². The van der Waals surface area contributed by atoms with Crippen LogP contribution in [0.15, 0.2) is 22.7 Å². The van der Waals surface area contributed by atoms with Crippen molar-refractivity contribution < 1.29 is 0 Å². The highest BCUT2D eigenvalue weighted by molar-refractivity contribution is 9.10. The van der Waals surface area contributed by atoms with Crippen LogP contribution in [0.2, 0.25) is 0 Å². The van der Waals surface area contributed by atoms with Gasteiger partial charge in [-0.15, -0.1) is 0 Å². The van der Waals surface area contributed by atoms with Crippen molar-refractivity contribution in [2.24, 2.45) is 5.73 Å². The molecule has 1 aromatic heterocycles. The molecule has 0 unspecified atom stereocenters. The van der Waals surface area contributed by atoms with Gasteiger partial charge < -0.3 is 10.7 Å². The van der Waals surface area contributed by atoms with E-state index in [0.29, 0.717) is 0 Å². The Morgan fingerprint density at radius 1 is 1.40 bits per heavy atom. The van der Waals surface area contributed by atoms with Crippen LogP contribution in [-0.4, -0.2) is 11.5 Å². The third kappa shape index (κ3) is 1.94. The Bertz CT molecular complexity index is 474. The number of H-pyrrole nitrogens is 1. The normalized spacial score (nSPS) is 11.1. The van der Waals surface area contributed by atoms with Gasteiger partial charge in [-0.2, -0.15) is 0 Å². The van der Waals surface area contributed by atoms with Crippen LogP contribution >= 0.6 is 15.9 Å². The third-order valence-corrected chi connectivity index (χ3v) is 3.44. The molecule has 3 heteroatoms. The largest absolute Gasteiger partial charge is 0.357 e. The summed E-state index contributed by atoms with van der Waals surface area (Å²) in [6.07, 6.45) is 2.06. The number of para-hydroxylation sites is 1. The van der Waals surface area contributed by atoms with Crippen molar-refractivity contribution in [2.75, 3.05) is 6.54 Å². The first-order valence-corrected chi connectivity index (χ1v) is 5.99. The molecule has 2 nitrogen and oxygen atoms in total. The minimum Gasteiger partial charge on any atom is -0.357 e. The molecule has 0 saturated carbocycles. The highest BCUT2D eigenvalue weighted by Gasteiger charge is 2.08. The Balaban J connectivity index is 2.49. The molecule has 80 valence electrons. The van der Waals surface area contributed by atoms with E-state index < -0.39 is 0 Å². The monoisotopic (exact) mass is 266 g/mol. The fourth-order valence-corrected chi connectivity index (χ4v) is 2.37. The number of aryl methyl sites for hydroxylation is 2. The Hall–Kier alpha value is -0.800. The van der Waals surface area contributed by atoms with Gasteiger partial charge in [-0.05, 0) is 53.9 Å². The molecule has 0 amide bonds. The molecule has 0 fully saturated rings. The van der Waals surface area contributed by atoms with E-state index in [2.05, 4.69) is 46.0 Å². The van der Waals surface area contributed by atoms with Gasteiger partial charge in [0.15, 0.2) is 0 Å². The minimum absolute atomic E-state index is 0.746. The number of aromatic nitrogens is 1. The zero-order valence-electron chi connectivity index (χ0n) is 8.81. The lowest BCUT2D eigenvalue weighted by Crippen LogP contribution is -2.01. The summed E-state index contributed by atoms with van der Waals surface area (Å²) in [7, 11) is 0. The average Bonchev–Trinajstić information content (AvgIpc) is 2.55. The first-order chi connectivity index (χ1) is 7.24. The number of hydrogen-bond acceptors (Lipinski definition) is 1. The summed E-state index contributed by atoms with van der Waals surface area (Å²) in [5.41, 5.74) is 9.38. The van der Waals surface area contributed by atoms with Crippen molar-refractivity contribution in [3.63, 3.8) is 0 Å². The van der Waals surface area contributed by atoms with Gasteiger partial charge in [-0.25, -0.2) is 0 Å². The fraction of sp³-hybridized carbons (Fsp3) is 0.333. The van der Waals surface area contributed by atoms with Crippen LogP contribution in [0.25, 0.3) is 10.9 Å². The summed E-state index contributed by atoms with van der Waals surface area (Å²) in [6.45, 7) is 2.91. The van der Waals surface area contributed by atoms with E-state index in [9.17, 15) is 0 Å². The molecule has 0 radical (unpaired) electrons. The van der Waals surface area contributed by atoms with Gasteiger partial charge >= 0.3 is 0 Å². The van der Waals surface area contributed by atoms with Gasteiger partial charge in [0.05, 0.1) is 5.52 Å². The molecule has 0 aliphatic rings. The Kier molecular flexibility index (Phi) is 3.12. The number of nitrogens with one attached hydrogen (secondary N) is 1. The summed E-state index contributed by atoms with van der Waals surface area (Å²) in [5.74, 6) is 0. The minimum atomic E-state index is 0.746. The topological polar surface area (TPSA) is 41.8 Å². The van der Waals surface area contributed by atoms with Crippen LogP contribution < -0.4 is 5.73 Å². The van der Waals surface area contributed by atoms with E-state index in [-0.39, 0.29) is 0 Å². The molecule has 2 rings (SSSR count). The molecule has 0 saturated heterocycles. The summed E-state index contributed by atoms with van der Waals surface area (Å²) in [6, 6.07) is 6.28. The number of fused-ring (bicyclic) bond motifs is 1. The van der Waals surface area contributed by atoms with Gasteiger partial charge in [0.1, 0.15) is 0 Å². The molecule has 0 aliphatic carbocycles. The van der Waals surface area contributed by atoms with E-state index in [0.717, 1.165) is 23.9 Å². The summed E-state index contributed by atoms with van der Waals surface area (Å²) < 4.78 is 1.13. The molecule has 1 heterocycles. The maximum Gasteiger partial charge on any atom is 0.0603 e. The highest BCUT2D eigenvalue weighted by atomic mass is 79.9. The lowest BCUT2D eigenvalue weighted by Gasteiger charge is -1.97. The number of hydrogen-bond donors (Lipinski definition) is 2. The van der Waals surface area contributed by atoms with Gasteiger partial charge in [-0.3, -0.25) is 0 Å². The van der Waals surface area contributed by atoms with Gasteiger partial charge in [0, 0.05) is 15.6 Å². The fourth-order valence-electron chi connectivity index (χ4n) is 1.90. The van der Waals surface area contributed by atoms with E-state index in [1.807, 2.05) is 0 Å². The number of rotatable bonds is 3. The number of halogens is 1. The molecular weight excluding hydrogens is 252 g/mol. The zero-order valence-corrected chi connectivity index (χ0v) is 10.4. The smallest absolute Gasteiger partial charge is 0.0603 e. The van der Waals surface area contributed by atoms with Gasteiger partial charge in [-0.1, -0.05) is 12.1 Å². The Labute approximate surface area is 98.0 Å². The second-order valence-corrected chi connectivity index (χ2v) is 4.64. The standard InChI is InChI=1S/C12H15BrN2/c1-8-9-4-2-5-10(13)12(9)15-11(8)6-3-7-14/h2,4-5,15H,3,6-7,14H2,1H3. The highest BCUT2D eigenvalue weighted by Crippen LogP contribution is 2.28. The summed E-state index contributed by atoms with van der Waals surface area (Å²) in [5, 5.41) is 1.30. The molecule has 3 N–H and O–H groups in total. The lowest BCUT2D eigenvalue weighted by atomic mass is 10.1. The molecule has 1 aromatic carbocycles. The number of nitrogens with two attached hydrogens (primary N) is 1. The third-order valence-electron chi connectivity index (χ3n) is 2.78. The SMILES string of the molecule is Cc1c(CCCN)[nH]c2c(Br)cccc12. The maximum atomic E-state index is 5.53. The summed E-state index contributed by atoms with van der Waals surface area (Å²) in [4.78, 5) is 3.46. The first kappa shape index (κ1) is 10.7. The second kappa shape index (κ2) is 4.37. The van der Waals surface area contributed by atoms with Gasteiger partial charge in [0.25, 0.3) is 0 Å². The van der Waals surface area contributed by atoms with Crippen molar-refractivity contribution in [3.8, 4) is 0 Å². The predicted octanol–water partition coefficient (Wildman–Crippen LogP) is 3.13. The van der Waals surface area contributed by atoms with Crippen LogP contribution in [0.3, 0.4) is 0 Å². The maximum absolute atomic E-state index is 5.53. The molecule has 15 heavy (non-hydrogen) atoms. The van der Waals surface area contributed by atoms with Crippen molar-refractivity contribution in [1.82, 2.24) is 4.98 Å². The molecular formula is C12H15BrN2. The van der Waals surface area contributed by atoms with Crippen LogP contribution in [-0.2, 0) is 6.42 Å². The second-order valence-electron chi connectivity index (χ2n) is 3.78. The van der Waals surface area contributed by atoms with Crippen LogP contribution in [0.4, 0.5) is 0 Å². The lowest BCUT2D eigenvalue weighted by molar-refractivity contribution is 0.813. The predicted molar refractivity (Wildman–Crippen MR) is 68.1 cm³/mol. The molecule has 0 spiro atoms. The van der Waals surface area contributed by atoms with E-state index in [1.165, 1.54) is 22.2 Å². The van der Waals surface area contributed by atoms with Crippen molar-refractivity contribution in [3.05, 3.63) is 33.9 Å².